The molecule has 1 atom stereocenters. The van der Waals surface area contributed by atoms with Crippen LogP contribution in [-0.2, 0) is 16.4 Å². The number of ether oxygens (including phenoxy) is 1. The first-order valence-corrected chi connectivity index (χ1v) is 8.44. The Hall–Kier alpha value is -1.07. The normalized spacial score (nSPS) is 19.3. The molecule has 1 N–H and O–H groups in total. The molecule has 0 radical (unpaired) electrons. The molecule has 1 heterocycles. The summed E-state index contributed by atoms with van der Waals surface area (Å²) in [6.07, 6.45) is 2.39. The summed E-state index contributed by atoms with van der Waals surface area (Å²) in [5.41, 5.74) is 1.17. The molecule has 1 aromatic carbocycles. The molecule has 106 valence electrons. The molecule has 19 heavy (non-hydrogen) atoms. The lowest BCUT2D eigenvalue weighted by Crippen LogP contribution is -2.32. The molecule has 5 heteroatoms. The lowest BCUT2D eigenvalue weighted by atomic mass is 9.97. The van der Waals surface area contributed by atoms with E-state index in [2.05, 4.69) is 4.72 Å². The van der Waals surface area contributed by atoms with Gasteiger partial charge in [-0.05, 0) is 36.8 Å². The summed E-state index contributed by atoms with van der Waals surface area (Å²) in [4.78, 5) is 0. The maximum absolute atomic E-state index is 11.7. The SMILES string of the molecule is CCCS(=O)(=O)NC[C@@H]1CCOc2ccccc2C1. The first-order chi connectivity index (χ1) is 9.11. The fourth-order valence-electron chi connectivity index (χ4n) is 2.32. The molecule has 1 aromatic rings. The second-order valence-electron chi connectivity index (χ2n) is 4.98. The van der Waals surface area contributed by atoms with Gasteiger partial charge in [0.25, 0.3) is 0 Å². The Balaban J connectivity index is 1.96. The zero-order chi connectivity index (χ0) is 13.7. The fraction of sp³-hybridized carbons (Fsp3) is 0.571. The molecule has 0 aromatic heterocycles. The molecule has 0 saturated carbocycles. The number of rotatable bonds is 5. The van der Waals surface area contributed by atoms with Crippen LogP contribution in [0.2, 0.25) is 0 Å². The Morgan fingerprint density at radius 3 is 2.95 bits per heavy atom. The van der Waals surface area contributed by atoms with E-state index in [1.54, 1.807) is 0 Å². The van der Waals surface area contributed by atoms with Gasteiger partial charge in [-0.1, -0.05) is 25.1 Å². The van der Waals surface area contributed by atoms with Gasteiger partial charge < -0.3 is 4.74 Å². The number of hydrogen-bond acceptors (Lipinski definition) is 3. The standard InChI is InChI=1S/C14H21NO3S/c1-2-9-19(16,17)15-11-12-7-8-18-14-6-4-3-5-13(14)10-12/h3-6,12,15H,2,7-11H2,1H3/t12-/m1/s1. The van der Waals surface area contributed by atoms with E-state index in [-0.39, 0.29) is 5.75 Å². The number of benzene rings is 1. The maximum Gasteiger partial charge on any atom is 0.211 e. The van der Waals surface area contributed by atoms with Crippen LogP contribution in [0.25, 0.3) is 0 Å². The van der Waals surface area contributed by atoms with Gasteiger partial charge in [0.1, 0.15) is 5.75 Å². The maximum atomic E-state index is 11.7. The van der Waals surface area contributed by atoms with Crippen molar-refractivity contribution in [2.24, 2.45) is 5.92 Å². The Morgan fingerprint density at radius 1 is 1.37 bits per heavy atom. The van der Waals surface area contributed by atoms with Gasteiger partial charge in [0.2, 0.25) is 10.0 Å². The van der Waals surface area contributed by atoms with Gasteiger partial charge in [-0.3, -0.25) is 0 Å². The minimum absolute atomic E-state index is 0.201. The van der Waals surface area contributed by atoms with Crippen LogP contribution in [0.5, 0.6) is 5.75 Å². The summed E-state index contributed by atoms with van der Waals surface area (Å²) < 4.78 is 31.7. The van der Waals surface area contributed by atoms with Crippen molar-refractivity contribution in [3.63, 3.8) is 0 Å². The van der Waals surface area contributed by atoms with E-state index in [0.717, 1.165) is 18.6 Å². The van der Waals surface area contributed by atoms with Crippen LogP contribution in [-0.4, -0.2) is 27.3 Å². The summed E-state index contributed by atoms with van der Waals surface area (Å²) in [6, 6.07) is 7.97. The van der Waals surface area contributed by atoms with E-state index in [9.17, 15) is 8.42 Å². The fourth-order valence-corrected chi connectivity index (χ4v) is 3.49. The van der Waals surface area contributed by atoms with Gasteiger partial charge in [-0.15, -0.1) is 0 Å². The summed E-state index contributed by atoms with van der Waals surface area (Å²) in [7, 11) is -3.11. The minimum atomic E-state index is -3.11. The zero-order valence-electron chi connectivity index (χ0n) is 11.3. The van der Waals surface area contributed by atoms with Crippen LogP contribution in [0.15, 0.2) is 24.3 Å². The Morgan fingerprint density at radius 2 is 2.16 bits per heavy atom. The highest BCUT2D eigenvalue weighted by Gasteiger charge is 2.19. The third kappa shape index (κ3) is 4.21. The molecule has 1 aliphatic rings. The van der Waals surface area contributed by atoms with Crippen molar-refractivity contribution in [2.75, 3.05) is 18.9 Å². The number of fused-ring (bicyclic) bond motifs is 1. The van der Waals surface area contributed by atoms with Crippen molar-refractivity contribution in [3.05, 3.63) is 29.8 Å². The van der Waals surface area contributed by atoms with E-state index in [1.807, 2.05) is 31.2 Å². The Kier molecular flexibility index (Phi) is 4.82. The van der Waals surface area contributed by atoms with Crippen molar-refractivity contribution in [3.8, 4) is 5.75 Å². The first-order valence-electron chi connectivity index (χ1n) is 6.79. The van der Waals surface area contributed by atoms with Gasteiger partial charge >= 0.3 is 0 Å². The van der Waals surface area contributed by atoms with Gasteiger partial charge in [0, 0.05) is 6.54 Å². The molecule has 0 amide bonds. The Labute approximate surface area is 115 Å². The van der Waals surface area contributed by atoms with Crippen LogP contribution < -0.4 is 9.46 Å². The molecular weight excluding hydrogens is 262 g/mol. The lowest BCUT2D eigenvalue weighted by Gasteiger charge is -2.14. The molecule has 0 bridgehead atoms. The molecule has 0 unspecified atom stereocenters. The van der Waals surface area contributed by atoms with Gasteiger partial charge in [-0.2, -0.15) is 0 Å². The minimum Gasteiger partial charge on any atom is -0.493 e. The Bertz CT molecular complexity index is 513. The number of hydrogen-bond donors (Lipinski definition) is 1. The predicted molar refractivity (Wildman–Crippen MR) is 75.8 cm³/mol. The van der Waals surface area contributed by atoms with E-state index in [1.165, 1.54) is 5.56 Å². The average Bonchev–Trinajstić information content (AvgIpc) is 2.58. The molecule has 0 aliphatic carbocycles. The second kappa shape index (κ2) is 6.39. The number of para-hydroxylation sites is 1. The highest BCUT2D eigenvalue weighted by molar-refractivity contribution is 7.89. The van der Waals surface area contributed by atoms with E-state index in [4.69, 9.17) is 4.74 Å². The smallest absolute Gasteiger partial charge is 0.211 e. The third-order valence-corrected chi connectivity index (χ3v) is 4.88. The second-order valence-corrected chi connectivity index (χ2v) is 6.91. The van der Waals surface area contributed by atoms with Gasteiger partial charge in [0.05, 0.1) is 12.4 Å². The summed E-state index contributed by atoms with van der Waals surface area (Å²) in [5.74, 6) is 1.43. The lowest BCUT2D eigenvalue weighted by molar-refractivity contribution is 0.294. The summed E-state index contributed by atoms with van der Waals surface area (Å²) >= 11 is 0. The average molecular weight is 283 g/mol. The molecule has 1 aliphatic heterocycles. The predicted octanol–water partition coefficient (Wildman–Crippen LogP) is 1.96. The van der Waals surface area contributed by atoms with Crippen LogP contribution in [0.4, 0.5) is 0 Å². The monoisotopic (exact) mass is 283 g/mol. The van der Waals surface area contributed by atoms with E-state index >= 15 is 0 Å². The van der Waals surface area contributed by atoms with Crippen molar-refractivity contribution in [2.45, 2.75) is 26.2 Å². The van der Waals surface area contributed by atoms with Crippen molar-refractivity contribution in [1.29, 1.82) is 0 Å². The highest BCUT2D eigenvalue weighted by Crippen LogP contribution is 2.26. The van der Waals surface area contributed by atoms with Crippen LogP contribution in [0, 0.1) is 5.92 Å². The van der Waals surface area contributed by atoms with Gasteiger partial charge in [0.15, 0.2) is 0 Å². The summed E-state index contributed by atoms with van der Waals surface area (Å²) in [5, 5.41) is 0. The number of nitrogens with one attached hydrogen (secondary N) is 1. The highest BCUT2D eigenvalue weighted by atomic mass is 32.2. The largest absolute Gasteiger partial charge is 0.493 e. The van der Waals surface area contributed by atoms with Crippen molar-refractivity contribution < 1.29 is 13.2 Å². The molecule has 0 saturated heterocycles. The molecule has 0 spiro atoms. The quantitative estimate of drug-likeness (QED) is 0.898. The van der Waals surface area contributed by atoms with E-state index in [0.29, 0.717) is 25.5 Å². The van der Waals surface area contributed by atoms with Crippen molar-refractivity contribution >= 4 is 10.0 Å². The number of sulfonamides is 1. The van der Waals surface area contributed by atoms with E-state index < -0.39 is 10.0 Å². The van der Waals surface area contributed by atoms with Crippen LogP contribution >= 0.6 is 0 Å². The zero-order valence-corrected chi connectivity index (χ0v) is 12.1. The first kappa shape index (κ1) is 14.3. The molecule has 4 nitrogen and oxygen atoms in total. The van der Waals surface area contributed by atoms with Gasteiger partial charge in [-0.25, -0.2) is 13.1 Å². The summed E-state index contributed by atoms with van der Waals surface area (Å²) in [6.45, 7) is 3.02. The molecular formula is C14H21NO3S. The van der Waals surface area contributed by atoms with Crippen LogP contribution in [0.3, 0.4) is 0 Å². The topological polar surface area (TPSA) is 55.4 Å². The molecule has 2 rings (SSSR count). The molecule has 0 fully saturated rings. The van der Waals surface area contributed by atoms with Crippen LogP contribution in [0.1, 0.15) is 25.3 Å². The third-order valence-electron chi connectivity index (χ3n) is 3.33. The van der Waals surface area contributed by atoms with Crippen molar-refractivity contribution in [1.82, 2.24) is 4.72 Å².